The number of para-hydroxylation sites is 1. The molecule has 0 amide bonds. The lowest BCUT2D eigenvalue weighted by atomic mass is 10.1. The predicted molar refractivity (Wildman–Crippen MR) is 78.0 cm³/mol. The average Bonchev–Trinajstić information content (AvgIpc) is 2.67. The molecule has 2 aromatic rings. The molecule has 4 heteroatoms. The van der Waals surface area contributed by atoms with Crippen LogP contribution in [0.5, 0.6) is 0 Å². The summed E-state index contributed by atoms with van der Waals surface area (Å²) >= 11 is 6.26. The Bertz CT molecular complexity index is 533. The van der Waals surface area contributed by atoms with Gasteiger partial charge in [0.2, 0.25) is 5.95 Å². The molecule has 0 spiro atoms. The van der Waals surface area contributed by atoms with Crippen molar-refractivity contribution in [3.05, 3.63) is 23.2 Å². The van der Waals surface area contributed by atoms with Gasteiger partial charge in [0.25, 0.3) is 0 Å². The molecule has 0 saturated heterocycles. The number of unbranched alkanes of at least 4 members (excludes halogenated alkanes) is 2. The number of nitrogens with zero attached hydrogens (tertiary/aromatic N) is 2. The molecular formula is C14H20ClN3. The molecule has 0 saturated carbocycles. The molecule has 98 valence electrons. The Hall–Kier alpha value is -1.22. The molecule has 0 bridgehead atoms. The first-order chi connectivity index (χ1) is 8.65. The first-order valence-electron chi connectivity index (χ1n) is 6.57. The number of hydrogen-bond donors (Lipinski definition) is 1. The fourth-order valence-corrected chi connectivity index (χ4v) is 2.65. The maximum atomic E-state index is 6.26. The van der Waals surface area contributed by atoms with Crippen LogP contribution in [0.4, 0.5) is 5.95 Å². The molecule has 18 heavy (non-hydrogen) atoms. The number of hydrogen-bond acceptors (Lipinski definition) is 2. The summed E-state index contributed by atoms with van der Waals surface area (Å²) in [5, 5.41) is 0.721. The van der Waals surface area contributed by atoms with Crippen molar-refractivity contribution in [1.29, 1.82) is 0 Å². The van der Waals surface area contributed by atoms with E-state index in [1.807, 2.05) is 18.2 Å². The van der Waals surface area contributed by atoms with Crippen LogP contribution in [-0.2, 0) is 0 Å². The molecule has 0 radical (unpaired) electrons. The van der Waals surface area contributed by atoms with Gasteiger partial charge in [0.05, 0.1) is 16.1 Å². The van der Waals surface area contributed by atoms with E-state index in [1.165, 1.54) is 19.3 Å². The predicted octanol–water partition coefficient (Wildman–Crippen LogP) is 4.41. The van der Waals surface area contributed by atoms with E-state index in [0.29, 0.717) is 12.0 Å². The Labute approximate surface area is 113 Å². The topological polar surface area (TPSA) is 43.8 Å². The zero-order valence-corrected chi connectivity index (χ0v) is 11.7. The third-order valence-electron chi connectivity index (χ3n) is 3.35. The smallest absolute Gasteiger partial charge is 0.201 e. The fraction of sp³-hybridized carbons (Fsp3) is 0.500. The van der Waals surface area contributed by atoms with E-state index in [2.05, 4.69) is 23.4 Å². The Morgan fingerprint density at radius 1 is 1.39 bits per heavy atom. The highest BCUT2D eigenvalue weighted by molar-refractivity contribution is 6.35. The summed E-state index contributed by atoms with van der Waals surface area (Å²) in [6.45, 7) is 4.39. The van der Waals surface area contributed by atoms with E-state index in [4.69, 9.17) is 17.3 Å². The standard InChI is InChI=1S/C14H20ClN3/c1-3-4-5-7-10(2)18-13-11(15)8-6-9-12(13)17-14(18)16/h6,8-10H,3-5,7H2,1-2H3,(H2,16,17). The Kier molecular flexibility index (Phi) is 4.12. The molecule has 0 aliphatic rings. The molecule has 1 unspecified atom stereocenters. The molecule has 0 aliphatic carbocycles. The summed E-state index contributed by atoms with van der Waals surface area (Å²) in [4.78, 5) is 4.38. The van der Waals surface area contributed by atoms with Crippen molar-refractivity contribution in [2.45, 2.75) is 45.6 Å². The van der Waals surface area contributed by atoms with Gasteiger partial charge in [0, 0.05) is 6.04 Å². The Morgan fingerprint density at radius 3 is 2.89 bits per heavy atom. The summed E-state index contributed by atoms with van der Waals surface area (Å²) in [7, 11) is 0. The maximum absolute atomic E-state index is 6.26. The van der Waals surface area contributed by atoms with Crippen molar-refractivity contribution >= 4 is 28.6 Å². The van der Waals surface area contributed by atoms with Crippen molar-refractivity contribution in [3.8, 4) is 0 Å². The number of rotatable bonds is 5. The van der Waals surface area contributed by atoms with Crippen LogP contribution >= 0.6 is 11.6 Å². The summed E-state index contributed by atoms with van der Waals surface area (Å²) in [6, 6.07) is 6.08. The highest BCUT2D eigenvalue weighted by Crippen LogP contribution is 2.30. The number of nitrogen functional groups attached to an aromatic ring is 1. The van der Waals surface area contributed by atoms with E-state index in [-0.39, 0.29) is 0 Å². The Morgan fingerprint density at radius 2 is 2.17 bits per heavy atom. The minimum atomic E-state index is 0.335. The fourth-order valence-electron chi connectivity index (χ4n) is 2.39. The van der Waals surface area contributed by atoms with Gasteiger partial charge in [0.15, 0.2) is 0 Å². The summed E-state index contributed by atoms with van der Waals surface area (Å²) in [5.74, 6) is 0.557. The molecule has 1 aromatic carbocycles. The number of halogens is 1. The van der Waals surface area contributed by atoms with E-state index < -0.39 is 0 Å². The van der Waals surface area contributed by atoms with Crippen molar-refractivity contribution in [3.63, 3.8) is 0 Å². The summed E-state index contributed by atoms with van der Waals surface area (Å²) in [5.41, 5.74) is 7.86. The highest BCUT2D eigenvalue weighted by Gasteiger charge is 2.15. The first kappa shape index (κ1) is 13.2. The number of benzene rings is 1. The van der Waals surface area contributed by atoms with Crippen LogP contribution in [0.25, 0.3) is 11.0 Å². The zero-order valence-electron chi connectivity index (χ0n) is 11.0. The van der Waals surface area contributed by atoms with E-state index >= 15 is 0 Å². The molecule has 1 heterocycles. The van der Waals surface area contributed by atoms with Crippen molar-refractivity contribution in [2.75, 3.05) is 5.73 Å². The van der Waals surface area contributed by atoms with E-state index in [9.17, 15) is 0 Å². The van der Waals surface area contributed by atoms with Gasteiger partial charge in [0.1, 0.15) is 0 Å². The van der Waals surface area contributed by atoms with Crippen molar-refractivity contribution < 1.29 is 0 Å². The third-order valence-corrected chi connectivity index (χ3v) is 3.66. The molecule has 2 rings (SSSR count). The quantitative estimate of drug-likeness (QED) is 0.814. The molecule has 0 fully saturated rings. The van der Waals surface area contributed by atoms with Gasteiger partial charge in [-0.05, 0) is 25.5 Å². The summed E-state index contributed by atoms with van der Waals surface area (Å²) < 4.78 is 2.06. The largest absolute Gasteiger partial charge is 0.369 e. The normalized spacial score (nSPS) is 13.1. The van der Waals surface area contributed by atoms with Crippen LogP contribution in [0.2, 0.25) is 5.02 Å². The van der Waals surface area contributed by atoms with Crippen molar-refractivity contribution in [1.82, 2.24) is 9.55 Å². The first-order valence-corrected chi connectivity index (χ1v) is 6.94. The number of imidazole rings is 1. The van der Waals surface area contributed by atoms with Gasteiger partial charge in [-0.25, -0.2) is 4.98 Å². The molecule has 1 atom stereocenters. The second kappa shape index (κ2) is 5.61. The number of aromatic nitrogens is 2. The van der Waals surface area contributed by atoms with Gasteiger partial charge < -0.3 is 10.3 Å². The molecule has 3 nitrogen and oxygen atoms in total. The molecule has 0 aliphatic heterocycles. The van der Waals surface area contributed by atoms with Gasteiger partial charge in [-0.3, -0.25) is 0 Å². The lowest BCUT2D eigenvalue weighted by molar-refractivity contribution is 0.492. The second-order valence-corrected chi connectivity index (χ2v) is 5.20. The lowest BCUT2D eigenvalue weighted by Crippen LogP contribution is -2.09. The van der Waals surface area contributed by atoms with Crippen LogP contribution in [0.3, 0.4) is 0 Å². The minimum Gasteiger partial charge on any atom is -0.369 e. The van der Waals surface area contributed by atoms with Gasteiger partial charge >= 0.3 is 0 Å². The minimum absolute atomic E-state index is 0.335. The van der Waals surface area contributed by atoms with Crippen molar-refractivity contribution in [2.24, 2.45) is 0 Å². The number of anilines is 1. The second-order valence-electron chi connectivity index (χ2n) is 4.79. The number of fused-ring (bicyclic) bond motifs is 1. The van der Waals surface area contributed by atoms with Crippen LogP contribution in [0.1, 0.15) is 45.6 Å². The average molecular weight is 266 g/mol. The van der Waals surface area contributed by atoms with Gasteiger partial charge in [-0.2, -0.15) is 0 Å². The van der Waals surface area contributed by atoms with Gasteiger partial charge in [-0.1, -0.05) is 43.9 Å². The van der Waals surface area contributed by atoms with E-state index in [1.54, 1.807) is 0 Å². The summed E-state index contributed by atoms with van der Waals surface area (Å²) in [6.07, 6.45) is 4.80. The SMILES string of the molecule is CCCCCC(C)n1c(N)nc2cccc(Cl)c21. The molecular weight excluding hydrogens is 246 g/mol. The molecule has 1 aromatic heterocycles. The zero-order chi connectivity index (χ0) is 13.1. The van der Waals surface area contributed by atoms with Crippen LogP contribution in [-0.4, -0.2) is 9.55 Å². The van der Waals surface area contributed by atoms with E-state index in [0.717, 1.165) is 22.5 Å². The number of nitrogens with two attached hydrogens (primary N) is 1. The van der Waals surface area contributed by atoms with Crippen LogP contribution in [0, 0.1) is 0 Å². The Balaban J connectivity index is 2.34. The lowest BCUT2D eigenvalue weighted by Gasteiger charge is -2.16. The maximum Gasteiger partial charge on any atom is 0.201 e. The monoisotopic (exact) mass is 265 g/mol. The van der Waals surface area contributed by atoms with Gasteiger partial charge in [-0.15, -0.1) is 0 Å². The van der Waals surface area contributed by atoms with Crippen LogP contribution in [0.15, 0.2) is 18.2 Å². The molecule has 2 N–H and O–H groups in total. The van der Waals surface area contributed by atoms with Crippen LogP contribution < -0.4 is 5.73 Å². The third kappa shape index (κ3) is 2.46. The highest BCUT2D eigenvalue weighted by atomic mass is 35.5.